The van der Waals surface area contributed by atoms with Crippen LogP contribution >= 0.6 is 24.0 Å². The fourth-order valence-corrected chi connectivity index (χ4v) is 3.26. The third kappa shape index (κ3) is 9.88. The van der Waals surface area contributed by atoms with Gasteiger partial charge in [0, 0.05) is 33.4 Å². The highest BCUT2D eigenvalue weighted by Gasteiger charge is 2.14. The van der Waals surface area contributed by atoms with E-state index in [2.05, 4.69) is 39.9 Å². The average Bonchev–Trinajstić information content (AvgIpc) is 3.31. The second-order valence-corrected chi connectivity index (χ2v) is 7.34. The van der Waals surface area contributed by atoms with E-state index in [0.29, 0.717) is 25.9 Å². The zero-order valence-corrected chi connectivity index (χ0v) is 20.5. The van der Waals surface area contributed by atoms with Crippen LogP contribution in [0.5, 0.6) is 5.75 Å². The maximum absolute atomic E-state index is 5.91. The summed E-state index contributed by atoms with van der Waals surface area (Å²) in [7, 11) is 1.78. The number of aliphatic imine (C=N–C) groups is 1. The van der Waals surface area contributed by atoms with Gasteiger partial charge in [-0.2, -0.15) is 0 Å². The van der Waals surface area contributed by atoms with Crippen molar-refractivity contribution in [1.29, 1.82) is 0 Å². The number of hydrogen-bond donors (Lipinski definition) is 2. The molecule has 1 saturated heterocycles. The Balaban J connectivity index is 0.00000341. The Hall–Kier alpha value is -1.84. The van der Waals surface area contributed by atoms with Gasteiger partial charge >= 0.3 is 0 Å². The predicted octanol–water partition coefficient (Wildman–Crippen LogP) is 4.13. The van der Waals surface area contributed by atoms with Gasteiger partial charge in [0.25, 0.3) is 0 Å². The summed E-state index contributed by atoms with van der Waals surface area (Å²) in [5.74, 6) is 1.65. The van der Waals surface area contributed by atoms with Gasteiger partial charge in [-0.3, -0.25) is 4.99 Å². The van der Waals surface area contributed by atoms with Gasteiger partial charge in [-0.25, -0.2) is 0 Å². The molecule has 6 nitrogen and oxygen atoms in total. The molecule has 2 N–H and O–H groups in total. The Morgan fingerprint density at radius 1 is 1.10 bits per heavy atom. The van der Waals surface area contributed by atoms with Crippen LogP contribution in [0, 0.1) is 0 Å². The molecular weight excluding hydrogens is 505 g/mol. The molecule has 1 fully saturated rings. The van der Waals surface area contributed by atoms with E-state index < -0.39 is 0 Å². The highest BCUT2D eigenvalue weighted by atomic mass is 127. The standard InChI is InChI=1S/C24H33N3O3.HI/c1-25-24(26-13-7-14-28-19-23-12-6-15-29-23)27-17-21-10-5-11-22(16-21)30-18-20-8-3-2-4-9-20;/h2-5,8-11,16,23H,6-7,12-15,17-19H2,1H3,(H2,25,26,27);1H. The second kappa shape index (κ2) is 15.0. The molecule has 0 radical (unpaired) electrons. The summed E-state index contributed by atoms with van der Waals surface area (Å²) in [6, 6.07) is 18.3. The Morgan fingerprint density at radius 2 is 1.94 bits per heavy atom. The summed E-state index contributed by atoms with van der Waals surface area (Å²) in [5, 5.41) is 6.67. The normalized spacial score (nSPS) is 15.9. The van der Waals surface area contributed by atoms with Gasteiger partial charge in [-0.05, 0) is 42.5 Å². The van der Waals surface area contributed by atoms with Crippen LogP contribution < -0.4 is 15.4 Å². The molecule has 0 aromatic heterocycles. The molecule has 0 aliphatic carbocycles. The van der Waals surface area contributed by atoms with Crippen LogP contribution in [0.2, 0.25) is 0 Å². The van der Waals surface area contributed by atoms with Gasteiger partial charge in [-0.15, -0.1) is 24.0 Å². The van der Waals surface area contributed by atoms with Gasteiger partial charge in [0.05, 0.1) is 12.7 Å². The number of halogens is 1. The van der Waals surface area contributed by atoms with Gasteiger partial charge in [0.1, 0.15) is 12.4 Å². The van der Waals surface area contributed by atoms with E-state index in [1.807, 2.05) is 30.3 Å². The number of benzene rings is 2. The number of nitrogens with one attached hydrogen (secondary N) is 2. The molecule has 170 valence electrons. The van der Waals surface area contributed by atoms with E-state index in [9.17, 15) is 0 Å². The molecule has 1 aliphatic heterocycles. The summed E-state index contributed by atoms with van der Waals surface area (Å²) in [6.45, 7) is 4.36. The van der Waals surface area contributed by atoms with Crippen LogP contribution in [-0.4, -0.2) is 45.5 Å². The van der Waals surface area contributed by atoms with Gasteiger partial charge in [0.15, 0.2) is 5.96 Å². The molecule has 0 amide bonds. The fourth-order valence-electron chi connectivity index (χ4n) is 3.26. The van der Waals surface area contributed by atoms with Crippen molar-refractivity contribution < 1.29 is 14.2 Å². The van der Waals surface area contributed by atoms with Crippen LogP contribution in [0.1, 0.15) is 30.4 Å². The Kier molecular flexibility index (Phi) is 12.3. The quantitative estimate of drug-likeness (QED) is 0.195. The highest BCUT2D eigenvalue weighted by Crippen LogP contribution is 2.15. The Bertz CT molecular complexity index is 768. The first-order valence-electron chi connectivity index (χ1n) is 10.7. The summed E-state index contributed by atoms with van der Waals surface area (Å²) >= 11 is 0. The fraction of sp³-hybridized carbons (Fsp3) is 0.458. The van der Waals surface area contributed by atoms with Crippen LogP contribution in [0.15, 0.2) is 59.6 Å². The molecule has 0 spiro atoms. The van der Waals surface area contributed by atoms with E-state index in [1.54, 1.807) is 7.05 Å². The van der Waals surface area contributed by atoms with Crippen molar-refractivity contribution in [3.8, 4) is 5.75 Å². The minimum Gasteiger partial charge on any atom is -0.489 e. The second-order valence-electron chi connectivity index (χ2n) is 7.34. The lowest BCUT2D eigenvalue weighted by molar-refractivity contribution is 0.0168. The summed E-state index contributed by atoms with van der Waals surface area (Å²) < 4.78 is 17.2. The van der Waals surface area contributed by atoms with Gasteiger partial charge in [0.2, 0.25) is 0 Å². The number of hydrogen-bond acceptors (Lipinski definition) is 4. The van der Waals surface area contributed by atoms with Crippen molar-refractivity contribution in [3.05, 3.63) is 65.7 Å². The highest BCUT2D eigenvalue weighted by molar-refractivity contribution is 14.0. The van der Waals surface area contributed by atoms with Crippen LogP contribution in [0.4, 0.5) is 0 Å². The number of ether oxygens (including phenoxy) is 3. The third-order valence-electron chi connectivity index (χ3n) is 4.92. The number of nitrogens with zero attached hydrogens (tertiary/aromatic N) is 1. The average molecular weight is 539 g/mol. The first kappa shape index (κ1) is 25.4. The van der Waals surface area contributed by atoms with Crippen molar-refractivity contribution >= 4 is 29.9 Å². The Labute approximate surface area is 202 Å². The summed E-state index contributed by atoms with van der Waals surface area (Å²) in [4.78, 5) is 4.28. The summed E-state index contributed by atoms with van der Waals surface area (Å²) in [5.41, 5.74) is 2.30. The molecule has 0 saturated carbocycles. The molecular formula is C24H34IN3O3. The number of rotatable bonds is 11. The SMILES string of the molecule is CN=C(NCCCOCC1CCCO1)NCc1cccc(OCc2ccccc2)c1.I. The molecule has 2 aromatic carbocycles. The topological polar surface area (TPSA) is 64.1 Å². The van der Waals surface area contributed by atoms with Crippen molar-refractivity contribution in [2.45, 2.75) is 38.5 Å². The lowest BCUT2D eigenvalue weighted by Crippen LogP contribution is -2.37. The van der Waals surface area contributed by atoms with E-state index >= 15 is 0 Å². The smallest absolute Gasteiger partial charge is 0.191 e. The minimum absolute atomic E-state index is 0. The lowest BCUT2D eigenvalue weighted by Gasteiger charge is -2.13. The van der Waals surface area contributed by atoms with Crippen molar-refractivity contribution in [2.24, 2.45) is 4.99 Å². The molecule has 1 atom stereocenters. The molecule has 1 unspecified atom stereocenters. The molecule has 1 heterocycles. The van der Waals surface area contributed by atoms with E-state index in [-0.39, 0.29) is 24.0 Å². The largest absolute Gasteiger partial charge is 0.489 e. The zero-order valence-electron chi connectivity index (χ0n) is 18.2. The first-order valence-corrected chi connectivity index (χ1v) is 10.7. The van der Waals surface area contributed by atoms with Crippen molar-refractivity contribution in [1.82, 2.24) is 10.6 Å². The van der Waals surface area contributed by atoms with Crippen LogP contribution in [0.3, 0.4) is 0 Å². The van der Waals surface area contributed by atoms with Gasteiger partial charge < -0.3 is 24.8 Å². The van der Waals surface area contributed by atoms with Crippen molar-refractivity contribution in [2.75, 3.05) is 33.4 Å². The predicted molar refractivity (Wildman–Crippen MR) is 135 cm³/mol. The lowest BCUT2D eigenvalue weighted by atomic mass is 10.2. The van der Waals surface area contributed by atoms with Gasteiger partial charge in [-0.1, -0.05) is 42.5 Å². The maximum Gasteiger partial charge on any atom is 0.191 e. The molecule has 2 aromatic rings. The third-order valence-corrected chi connectivity index (χ3v) is 4.92. The molecule has 31 heavy (non-hydrogen) atoms. The summed E-state index contributed by atoms with van der Waals surface area (Å²) in [6.07, 6.45) is 3.49. The zero-order chi connectivity index (χ0) is 20.9. The van der Waals surface area contributed by atoms with E-state index in [1.165, 1.54) is 0 Å². The minimum atomic E-state index is 0. The molecule has 1 aliphatic rings. The van der Waals surface area contributed by atoms with Crippen LogP contribution in [-0.2, 0) is 22.6 Å². The van der Waals surface area contributed by atoms with Crippen molar-refractivity contribution in [3.63, 3.8) is 0 Å². The molecule has 0 bridgehead atoms. The van der Waals surface area contributed by atoms with E-state index in [0.717, 1.165) is 61.9 Å². The maximum atomic E-state index is 5.91. The number of guanidine groups is 1. The Morgan fingerprint density at radius 3 is 2.71 bits per heavy atom. The van der Waals surface area contributed by atoms with Crippen LogP contribution in [0.25, 0.3) is 0 Å². The first-order chi connectivity index (χ1) is 14.8. The monoisotopic (exact) mass is 539 g/mol. The molecule has 7 heteroatoms. The molecule has 3 rings (SSSR count). The van der Waals surface area contributed by atoms with E-state index in [4.69, 9.17) is 14.2 Å².